The second-order valence-electron chi connectivity index (χ2n) is 4.04. The Morgan fingerprint density at radius 3 is 2.76 bits per heavy atom. The van der Waals surface area contributed by atoms with Crippen LogP contribution in [0.2, 0.25) is 0 Å². The van der Waals surface area contributed by atoms with Crippen molar-refractivity contribution in [3.05, 3.63) is 20.8 Å². The van der Waals surface area contributed by atoms with Crippen LogP contribution in [0.4, 0.5) is 0 Å². The third kappa shape index (κ3) is 2.22. The van der Waals surface area contributed by atoms with Crippen molar-refractivity contribution >= 4 is 39.1 Å². The molecule has 0 saturated carbocycles. The first kappa shape index (κ1) is 12.5. The lowest BCUT2D eigenvalue weighted by Crippen LogP contribution is -2.50. The van der Waals surface area contributed by atoms with Crippen LogP contribution in [0.5, 0.6) is 0 Å². The number of likely N-dealkylation sites (tertiary alicyclic amines) is 1. The molecule has 0 spiro atoms. The number of carboxylic acid groups (broad SMARTS) is 1. The highest BCUT2D eigenvalue weighted by molar-refractivity contribution is 9.10. The Labute approximate surface area is 110 Å². The average Bonchev–Trinajstić information content (AvgIpc) is 2.85. The fourth-order valence-corrected chi connectivity index (χ4v) is 3.28. The predicted octanol–water partition coefficient (Wildman–Crippen LogP) is 1.14. The molecule has 1 saturated heterocycles. The average molecular weight is 319 g/mol. The van der Waals surface area contributed by atoms with Gasteiger partial charge in [0.05, 0.1) is 0 Å². The molecule has 92 valence electrons. The van der Waals surface area contributed by atoms with Crippen molar-refractivity contribution in [1.82, 2.24) is 4.90 Å². The lowest BCUT2D eigenvalue weighted by atomic mass is 10.0. The van der Waals surface area contributed by atoms with Gasteiger partial charge in [0.1, 0.15) is 10.4 Å². The number of carbonyl (C=O) groups is 2. The van der Waals surface area contributed by atoms with Gasteiger partial charge in [-0.2, -0.15) is 0 Å². The van der Waals surface area contributed by atoms with Crippen LogP contribution in [0.1, 0.15) is 16.1 Å². The van der Waals surface area contributed by atoms with Crippen molar-refractivity contribution in [2.75, 3.05) is 13.1 Å². The van der Waals surface area contributed by atoms with Crippen LogP contribution in [-0.2, 0) is 4.79 Å². The number of carboxylic acids is 1. The first-order valence-corrected chi connectivity index (χ1v) is 6.66. The minimum atomic E-state index is -1.31. The lowest BCUT2D eigenvalue weighted by molar-refractivity contribution is -0.142. The molecule has 17 heavy (non-hydrogen) atoms. The summed E-state index contributed by atoms with van der Waals surface area (Å²) >= 11 is 4.61. The van der Waals surface area contributed by atoms with E-state index >= 15 is 0 Å². The summed E-state index contributed by atoms with van der Waals surface area (Å²) in [6.45, 7) is 0.442. The number of hydrogen-bond donors (Lipinski definition) is 2. The van der Waals surface area contributed by atoms with Crippen LogP contribution in [0.15, 0.2) is 15.9 Å². The normalized spacial score (nSPS) is 24.0. The number of nitrogens with zero attached hydrogens (tertiary/aromatic N) is 1. The van der Waals surface area contributed by atoms with Crippen LogP contribution in [0.25, 0.3) is 0 Å². The summed E-state index contributed by atoms with van der Waals surface area (Å²) in [4.78, 5) is 25.1. The Morgan fingerprint density at radius 2 is 2.29 bits per heavy atom. The third-order valence-electron chi connectivity index (χ3n) is 2.83. The third-order valence-corrected chi connectivity index (χ3v) is 4.65. The van der Waals surface area contributed by atoms with E-state index in [1.807, 2.05) is 0 Å². The molecule has 0 radical (unpaired) electrons. The zero-order valence-corrected chi connectivity index (χ0v) is 11.3. The molecule has 0 aromatic carbocycles. The molecule has 1 aliphatic heterocycles. The monoisotopic (exact) mass is 318 g/mol. The topological polar surface area (TPSA) is 83.6 Å². The number of aliphatic carboxylic acids is 1. The van der Waals surface area contributed by atoms with Crippen molar-refractivity contribution in [1.29, 1.82) is 0 Å². The van der Waals surface area contributed by atoms with E-state index in [0.29, 0.717) is 11.4 Å². The van der Waals surface area contributed by atoms with E-state index in [2.05, 4.69) is 15.9 Å². The summed E-state index contributed by atoms with van der Waals surface area (Å²) in [5.41, 5.74) is 4.41. The summed E-state index contributed by atoms with van der Waals surface area (Å²) in [5.74, 6) is -1.22. The number of carbonyl (C=O) groups excluding carboxylic acids is 1. The maximum absolute atomic E-state index is 12.1. The van der Waals surface area contributed by atoms with Crippen molar-refractivity contribution in [3.63, 3.8) is 0 Å². The predicted molar refractivity (Wildman–Crippen MR) is 67.1 cm³/mol. The Bertz CT molecular complexity index is 476. The SMILES string of the molecule is NC1(C(=O)O)CCN(C(=O)c2sccc2Br)C1. The molecule has 7 heteroatoms. The highest BCUT2D eigenvalue weighted by Gasteiger charge is 2.43. The molecule has 1 aliphatic rings. The Balaban J connectivity index is 2.15. The van der Waals surface area contributed by atoms with Gasteiger partial charge in [0.2, 0.25) is 0 Å². The fraction of sp³-hybridized carbons (Fsp3) is 0.400. The summed E-state index contributed by atoms with van der Waals surface area (Å²) in [6.07, 6.45) is 0.289. The van der Waals surface area contributed by atoms with Gasteiger partial charge in [-0.25, -0.2) is 0 Å². The van der Waals surface area contributed by atoms with Crippen LogP contribution < -0.4 is 5.73 Å². The largest absolute Gasteiger partial charge is 0.480 e. The number of amides is 1. The second kappa shape index (κ2) is 4.40. The highest BCUT2D eigenvalue weighted by Crippen LogP contribution is 2.27. The Hall–Kier alpha value is -0.920. The van der Waals surface area contributed by atoms with Crippen LogP contribution in [0.3, 0.4) is 0 Å². The Kier molecular flexibility index (Phi) is 3.24. The van der Waals surface area contributed by atoms with Gasteiger partial charge in [-0.05, 0) is 33.8 Å². The van der Waals surface area contributed by atoms with Crippen molar-refractivity contribution in [3.8, 4) is 0 Å². The molecular formula is C10H11BrN2O3S. The number of thiophene rings is 1. The van der Waals surface area contributed by atoms with Gasteiger partial charge in [-0.3, -0.25) is 9.59 Å². The van der Waals surface area contributed by atoms with Crippen molar-refractivity contribution in [2.24, 2.45) is 5.73 Å². The molecule has 1 unspecified atom stereocenters. The molecule has 5 nitrogen and oxygen atoms in total. The fourth-order valence-electron chi connectivity index (χ4n) is 1.77. The van der Waals surface area contributed by atoms with Gasteiger partial charge in [0.25, 0.3) is 5.91 Å². The molecule has 1 amide bonds. The van der Waals surface area contributed by atoms with E-state index in [9.17, 15) is 9.59 Å². The zero-order chi connectivity index (χ0) is 12.6. The molecular weight excluding hydrogens is 308 g/mol. The van der Waals surface area contributed by atoms with E-state index in [1.54, 1.807) is 11.4 Å². The van der Waals surface area contributed by atoms with Crippen LogP contribution in [-0.4, -0.2) is 40.5 Å². The number of rotatable bonds is 2. The van der Waals surface area contributed by atoms with Gasteiger partial charge >= 0.3 is 5.97 Å². The molecule has 0 bridgehead atoms. The lowest BCUT2D eigenvalue weighted by Gasteiger charge is -2.19. The molecule has 1 atom stereocenters. The quantitative estimate of drug-likeness (QED) is 0.856. The zero-order valence-electron chi connectivity index (χ0n) is 8.85. The molecule has 1 aromatic heterocycles. The van der Waals surface area contributed by atoms with Crippen LogP contribution in [0, 0.1) is 0 Å². The number of halogens is 1. The second-order valence-corrected chi connectivity index (χ2v) is 5.81. The van der Waals surface area contributed by atoms with Crippen molar-refractivity contribution in [2.45, 2.75) is 12.0 Å². The Morgan fingerprint density at radius 1 is 1.59 bits per heavy atom. The van der Waals surface area contributed by atoms with Crippen molar-refractivity contribution < 1.29 is 14.7 Å². The first-order valence-electron chi connectivity index (χ1n) is 4.98. The van der Waals surface area contributed by atoms with E-state index < -0.39 is 11.5 Å². The summed E-state index contributed by atoms with van der Waals surface area (Å²) in [7, 11) is 0. The highest BCUT2D eigenvalue weighted by atomic mass is 79.9. The maximum atomic E-state index is 12.1. The smallest absolute Gasteiger partial charge is 0.325 e. The molecule has 1 aromatic rings. The van der Waals surface area contributed by atoms with Gasteiger partial charge in [-0.15, -0.1) is 11.3 Å². The van der Waals surface area contributed by atoms with E-state index in [1.165, 1.54) is 16.2 Å². The molecule has 1 fully saturated rings. The summed E-state index contributed by atoms with van der Waals surface area (Å²) < 4.78 is 0.734. The van der Waals surface area contributed by atoms with E-state index in [0.717, 1.165) is 4.47 Å². The first-order chi connectivity index (χ1) is 7.94. The number of hydrogen-bond acceptors (Lipinski definition) is 4. The van der Waals surface area contributed by atoms with Gasteiger partial charge in [0.15, 0.2) is 0 Å². The molecule has 3 N–H and O–H groups in total. The molecule has 2 heterocycles. The number of nitrogens with two attached hydrogens (primary N) is 1. The van der Waals surface area contributed by atoms with Gasteiger partial charge < -0.3 is 15.7 Å². The standard InChI is InChI=1S/C10H11BrN2O3S/c11-6-1-4-17-7(6)8(14)13-3-2-10(12,5-13)9(15)16/h1,4H,2-3,5,12H2,(H,15,16). The van der Waals surface area contributed by atoms with Gasteiger partial charge in [0, 0.05) is 17.6 Å². The molecule has 0 aliphatic carbocycles. The van der Waals surface area contributed by atoms with E-state index in [4.69, 9.17) is 10.8 Å². The minimum absolute atomic E-state index is 0.0610. The molecule has 2 rings (SSSR count). The van der Waals surface area contributed by atoms with Gasteiger partial charge in [-0.1, -0.05) is 0 Å². The summed E-state index contributed by atoms with van der Waals surface area (Å²) in [5, 5.41) is 10.8. The van der Waals surface area contributed by atoms with Crippen LogP contribution >= 0.6 is 27.3 Å². The minimum Gasteiger partial charge on any atom is -0.480 e. The van der Waals surface area contributed by atoms with E-state index in [-0.39, 0.29) is 18.9 Å². The maximum Gasteiger partial charge on any atom is 0.325 e. The summed E-state index contributed by atoms with van der Waals surface area (Å²) in [6, 6.07) is 1.79.